The van der Waals surface area contributed by atoms with E-state index in [1.54, 1.807) is 0 Å². The van der Waals surface area contributed by atoms with Gasteiger partial charge in [0, 0.05) is 21.6 Å². The highest BCUT2D eigenvalue weighted by atomic mass is 79.9. The van der Waals surface area contributed by atoms with E-state index in [2.05, 4.69) is 31.2 Å². The minimum atomic E-state index is -0.536. The Morgan fingerprint density at radius 3 is 2.77 bits per heavy atom. The summed E-state index contributed by atoms with van der Waals surface area (Å²) in [7, 11) is 0. The van der Waals surface area contributed by atoms with Crippen LogP contribution in [0.2, 0.25) is 5.02 Å². The van der Waals surface area contributed by atoms with Crippen molar-refractivity contribution in [2.75, 3.05) is 5.32 Å². The predicted octanol–water partition coefficient (Wildman–Crippen LogP) is 4.70. The summed E-state index contributed by atoms with van der Waals surface area (Å²) >= 11 is 9.36. The molecule has 8 heteroatoms. The van der Waals surface area contributed by atoms with Crippen molar-refractivity contribution in [3.05, 3.63) is 62.3 Å². The molecule has 0 saturated carbocycles. The van der Waals surface area contributed by atoms with Gasteiger partial charge >= 0.3 is 0 Å². The van der Waals surface area contributed by atoms with E-state index < -0.39 is 4.92 Å². The molecule has 1 N–H and O–H groups in total. The predicted molar refractivity (Wildman–Crippen MR) is 88.6 cm³/mol. The molecule has 0 unspecified atom stereocenters. The molecule has 0 spiro atoms. The minimum Gasteiger partial charge on any atom is -0.340 e. The molecule has 6 nitrogen and oxygen atoms in total. The molecule has 0 amide bonds. The number of rotatable bonds is 3. The third-order valence-corrected chi connectivity index (χ3v) is 3.78. The lowest BCUT2D eigenvalue weighted by molar-refractivity contribution is -0.384. The topological polar surface area (TPSA) is 81.0 Å². The maximum absolute atomic E-state index is 10.9. The van der Waals surface area contributed by atoms with E-state index in [0.29, 0.717) is 16.7 Å². The van der Waals surface area contributed by atoms with Crippen molar-refractivity contribution in [3.63, 3.8) is 0 Å². The molecule has 0 radical (unpaired) electrons. The van der Waals surface area contributed by atoms with Crippen molar-refractivity contribution >= 4 is 55.6 Å². The summed E-state index contributed by atoms with van der Waals surface area (Å²) in [6.07, 6.45) is 1.35. The minimum absolute atomic E-state index is 0.0459. The molecule has 0 bridgehead atoms. The summed E-state index contributed by atoms with van der Waals surface area (Å²) < 4.78 is 0.921. The Balaban J connectivity index is 2.10. The second kappa shape index (κ2) is 5.86. The van der Waals surface area contributed by atoms with Crippen molar-refractivity contribution < 1.29 is 4.92 Å². The number of nitro groups is 1. The van der Waals surface area contributed by atoms with Crippen LogP contribution in [-0.2, 0) is 0 Å². The standard InChI is InChI=1S/C14H8BrClN4O2/c15-8-2-1-3-9(4-8)19-14-10-5-11(16)13(20(21)22)6-12(10)17-7-18-14/h1-7H,(H,17,18,19). The van der Waals surface area contributed by atoms with Gasteiger partial charge in [-0.15, -0.1) is 0 Å². The first-order valence-corrected chi connectivity index (χ1v) is 7.33. The third kappa shape index (κ3) is 2.86. The molecule has 3 rings (SSSR count). The summed E-state index contributed by atoms with van der Waals surface area (Å²) in [5, 5.41) is 14.7. The number of fused-ring (bicyclic) bond motifs is 1. The highest BCUT2D eigenvalue weighted by Gasteiger charge is 2.16. The third-order valence-electron chi connectivity index (χ3n) is 2.99. The van der Waals surface area contributed by atoms with E-state index in [0.717, 1.165) is 10.2 Å². The average Bonchev–Trinajstić information content (AvgIpc) is 2.47. The number of hydrogen-bond donors (Lipinski definition) is 1. The summed E-state index contributed by atoms with van der Waals surface area (Å²) in [5.41, 5.74) is 1.09. The van der Waals surface area contributed by atoms with E-state index in [4.69, 9.17) is 11.6 Å². The average molecular weight is 380 g/mol. The fraction of sp³-hybridized carbons (Fsp3) is 0. The molecule has 0 aliphatic carbocycles. The van der Waals surface area contributed by atoms with Gasteiger partial charge in [0.05, 0.1) is 10.4 Å². The van der Waals surface area contributed by atoms with Crippen LogP contribution in [0, 0.1) is 10.1 Å². The Kier molecular flexibility index (Phi) is 3.91. The van der Waals surface area contributed by atoms with E-state index >= 15 is 0 Å². The number of halogens is 2. The normalized spacial score (nSPS) is 10.6. The first-order valence-electron chi connectivity index (χ1n) is 6.16. The van der Waals surface area contributed by atoms with Crippen LogP contribution in [-0.4, -0.2) is 14.9 Å². The van der Waals surface area contributed by atoms with Crippen molar-refractivity contribution in [3.8, 4) is 0 Å². The van der Waals surface area contributed by atoms with Crippen LogP contribution in [0.1, 0.15) is 0 Å². The largest absolute Gasteiger partial charge is 0.340 e. The Morgan fingerprint density at radius 2 is 2.05 bits per heavy atom. The lowest BCUT2D eigenvalue weighted by atomic mass is 10.2. The number of nitro benzene ring substituents is 1. The molecule has 2 aromatic carbocycles. The molecule has 0 aliphatic heterocycles. The van der Waals surface area contributed by atoms with Crippen LogP contribution < -0.4 is 5.32 Å². The summed E-state index contributed by atoms with van der Waals surface area (Å²) in [4.78, 5) is 18.6. The first-order chi connectivity index (χ1) is 10.5. The lowest BCUT2D eigenvalue weighted by Crippen LogP contribution is -1.97. The number of anilines is 2. The lowest BCUT2D eigenvalue weighted by Gasteiger charge is -2.09. The number of aromatic nitrogens is 2. The maximum Gasteiger partial charge on any atom is 0.290 e. The van der Waals surface area contributed by atoms with Gasteiger partial charge in [-0.25, -0.2) is 9.97 Å². The van der Waals surface area contributed by atoms with Crippen LogP contribution >= 0.6 is 27.5 Å². The van der Waals surface area contributed by atoms with Crippen LogP contribution in [0.5, 0.6) is 0 Å². The molecule has 0 atom stereocenters. The summed E-state index contributed by atoms with van der Waals surface area (Å²) in [6.45, 7) is 0. The van der Waals surface area contributed by atoms with E-state index in [-0.39, 0.29) is 10.7 Å². The SMILES string of the molecule is O=[N+]([O-])c1cc2ncnc(Nc3cccc(Br)c3)c2cc1Cl. The molecular formula is C14H8BrClN4O2. The summed E-state index contributed by atoms with van der Waals surface area (Å²) in [6, 6.07) is 10.4. The summed E-state index contributed by atoms with van der Waals surface area (Å²) in [5.74, 6) is 0.528. The zero-order valence-electron chi connectivity index (χ0n) is 11.0. The molecule has 3 aromatic rings. The maximum atomic E-state index is 10.9. The van der Waals surface area contributed by atoms with Crippen LogP contribution in [0.15, 0.2) is 47.2 Å². The fourth-order valence-corrected chi connectivity index (χ4v) is 2.64. The smallest absolute Gasteiger partial charge is 0.290 e. The van der Waals surface area contributed by atoms with Gasteiger partial charge in [0.1, 0.15) is 17.2 Å². The van der Waals surface area contributed by atoms with Gasteiger partial charge in [-0.3, -0.25) is 10.1 Å². The Labute approximate surface area is 138 Å². The fourth-order valence-electron chi connectivity index (χ4n) is 2.01. The van der Waals surface area contributed by atoms with E-state index in [1.165, 1.54) is 18.5 Å². The van der Waals surface area contributed by atoms with Gasteiger partial charge in [0.25, 0.3) is 5.69 Å². The molecule has 0 fully saturated rings. The number of nitrogens with zero attached hydrogens (tertiary/aromatic N) is 3. The van der Waals surface area contributed by atoms with Gasteiger partial charge in [0.2, 0.25) is 0 Å². The Morgan fingerprint density at radius 1 is 1.23 bits per heavy atom. The van der Waals surface area contributed by atoms with Crippen molar-refractivity contribution in [2.45, 2.75) is 0 Å². The zero-order chi connectivity index (χ0) is 15.7. The highest BCUT2D eigenvalue weighted by molar-refractivity contribution is 9.10. The van der Waals surface area contributed by atoms with Crippen molar-refractivity contribution in [1.82, 2.24) is 9.97 Å². The van der Waals surface area contributed by atoms with Gasteiger partial charge in [-0.1, -0.05) is 33.6 Å². The van der Waals surface area contributed by atoms with E-state index in [9.17, 15) is 10.1 Å². The van der Waals surface area contributed by atoms with Gasteiger partial charge in [-0.05, 0) is 24.3 Å². The Hall–Kier alpha value is -2.25. The molecular weight excluding hydrogens is 372 g/mol. The number of hydrogen-bond acceptors (Lipinski definition) is 5. The Bertz CT molecular complexity index is 888. The molecule has 0 saturated heterocycles. The highest BCUT2D eigenvalue weighted by Crippen LogP contribution is 2.32. The van der Waals surface area contributed by atoms with Crippen molar-refractivity contribution in [2.24, 2.45) is 0 Å². The van der Waals surface area contributed by atoms with Crippen LogP contribution in [0.3, 0.4) is 0 Å². The van der Waals surface area contributed by atoms with Gasteiger partial charge in [-0.2, -0.15) is 0 Å². The van der Waals surface area contributed by atoms with Crippen molar-refractivity contribution in [1.29, 1.82) is 0 Å². The molecule has 1 heterocycles. The molecule has 110 valence electrons. The molecule has 0 aliphatic rings. The van der Waals surface area contributed by atoms with Gasteiger partial charge < -0.3 is 5.32 Å². The monoisotopic (exact) mass is 378 g/mol. The zero-order valence-corrected chi connectivity index (χ0v) is 13.3. The van der Waals surface area contributed by atoms with Crippen LogP contribution in [0.4, 0.5) is 17.2 Å². The number of nitrogens with one attached hydrogen (secondary N) is 1. The second-order valence-corrected chi connectivity index (χ2v) is 5.76. The molecule has 1 aromatic heterocycles. The molecule has 22 heavy (non-hydrogen) atoms. The van der Waals surface area contributed by atoms with Gasteiger partial charge in [0.15, 0.2) is 0 Å². The number of benzene rings is 2. The second-order valence-electron chi connectivity index (χ2n) is 4.44. The quantitative estimate of drug-likeness (QED) is 0.527. The van der Waals surface area contributed by atoms with Crippen LogP contribution in [0.25, 0.3) is 10.9 Å². The first kappa shape index (κ1) is 14.7. The van der Waals surface area contributed by atoms with E-state index in [1.807, 2.05) is 24.3 Å².